The van der Waals surface area contributed by atoms with Crippen molar-refractivity contribution in [3.8, 4) is 5.88 Å². The van der Waals surface area contributed by atoms with Crippen molar-refractivity contribution in [3.63, 3.8) is 0 Å². The summed E-state index contributed by atoms with van der Waals surface area (Å²) in [5, 5.41) is 4.43. The largest absolute Gasteiger partial charge is 0.411 e. The Morgan fingerprint density at radius 1 is 1.07 bits per heavy atom. The SMILES string of the molecule is Cc1nn(C)c(OC(=O)c2cccc3cccnc23)c1C(=O)c1ccc(S(C)(=O)=O)c(COCC(F)(F)F)c1Cl. The zero-order chi connectivity index (χ0) is 29.4. The summed E-state index contributed by atoms with van der Waals surface area (Å²) in [4.78, 5) is 30.7. The summed E-state index contributed by atoms with van der Waals surface area (Å²) in [7, 11) is -2.51. The number of pyridine rings is 1. The number of rotatable bonds is 8. The van der Waals surface area contributed by atoms with Gasteiger partial charge in [0, 0.05) is 36.0 Å². The monoisotopic (exact) mass is 595 g/mol. The van der Waals surface area contributed by atoms with Crippen molar-refractivity contribution in [2.24, 2.45) is 7.05 Å². The molecule has 14 heteroatoms. The zero-order valence-corrected chi connectivity index (χ0v) is 22.8. The first-order valence-electron chi connectivity index (χ1n) is 11.5. The molecule has 2 aromatic heterocycles. The number of benzene rings is 2. The van der Waals surface area contributed by atoms with Gasteiger partial charge in [-0.05, 0) is 31.2 Å². The number of aryl methyl sites for hydroxylation is 2. The highest BCUT2D eigenvalue weighted by atomic mass is 35.5. The first kappa shape index (κ1) is 29.2. The summed E-state index contributed by atoms with van der Waals surface area (Å²) in [6.45, 7) is -1.00. The number of alkyl halides is 3. The van der Waals surface area contributed by atoms with Gasteiger partial charge in [0.1, 0.15) is 12.2 Å². The molecule has 0 aliphatic carbocycles. The molecule has 4 rings (SSSR count). The molecule has 0 aliphatic rings. The number of hydrogen-bond donors (Lipinski definition) is 0. The van der Waals surface area contributed by atoms with Crippen LogP contribution in [0.15, 0.2) is 53.6 Å². The van der Waals surface area contributed by atoms with E-state index < -0.39 is 50.9 Å². The third kappa shape index (κ3) is 6.01. The summed E-state index contributed by atoms with van der Waals surface area (Å²) in [5.41, 5.74) is -0.0505. The fraction of sp³-hybridized carbons (Fsp3) is 0.231. The fourth-order valence-electron chi connectivity index (χ4n) is 4.09. The molecule has 9 nitrogen and oxygen atoms in total. The van der Waals surface area contributed by atoms with E-state index in [0.29, 0.717) is 10.9 Å². The van der Waals surface area contributed by atoms with Crippen LogP contribution in [-0.2, 0) is 28.2 Å². The molecule has 0 N–H and O–H groups in total. The second-order valence-electron chi connectivity index (χ2n) is 8.77. The Labute approximate surface area is 231 Å². The smallest absolute Gasteiger partial charge is 0.403 e. The van der Waals surface area contributed by atoms with Gasteiger partial charge in [0.25, 0.3) is 0 Å². The molecule has 2 aromatic carbocycles. The van der Waals surface area contributed by atoms with Gasteiger partial charge in [0.15, 0.2) is 9.84 Å². The van der Waals surface area contributed by atoms with Gasteiger partial charge in [-0.2, -0.15) is 18.3 Å². The van der Waals surface area contributed by atoms with Gasteiger partial charge in [-0.1, -0.05) is 29.8 Å². The van der Waals surface area contributed by atoms with E-state index in [2.05, 4.69) is 14.8 Å². The molecule has 0 saturated heterocycles. The summed E-state index contributed by atoms with van der Waals surface area (Å²) in [6, 6.07) is 10.6. The highest BCUT2D eigenvalue weighted by Gasteiger charge is 2.31. The van der Waals surface area contributed by atoms with Gasteiger partial charge in [-0.15, -0.1) is 0 Å². The molecule has 0 saturated carbocycles. The lowest BCUT2D eigenvalue weighted by atomic mass is 10.0. The molecule has 2 heterocycles. The molecule has 0 atom stereocenters. The van der Waals surface area contributed by atoms with Crippen LogP contribution in [0.5, 0.6) is 5.88 Å². The van der Waals surface area contributed by atoms with Crippen LogP contribution < -0.4 is 4.74 Å². The molecule has 4 aromatic rings. The van der Waals surface area contributed by atoms with Gasteiger partial charge in [-0.3, -0.25) is 9.78 Å². The predicted octanol–water partition coefficient (Wildman–Crippen LogP) is 4.86. The van der Waals surface area contributed by atoms with Crippen molar-refractivity contribution in [3.05, 3.63) is 81.6 Å². The zero-order valence-electron chi connectivity index (χ0n) is 21.2. The van der Waals surface area contributed by atoms with Gasteiger partial charge in [0.2, 0.25) is 11.7 Å². The van der Waals surface area contributed by atoms with E-state index in [0.717, 1.165) is 18.4 Å². The van der Waals surface area contributed by atoms with Gasteiger partial charge < -0.3 is 9.47 Å². The number of carbonyl (C=O) groups is 2. The average Bonchev–Trinajstić information content (AvgIpc) is 3.14. The maximum Gasteiger partial charge on any atom is 0.411 e. The van der Waals surface area contributed by atoms with Crippen molar-refractivity contribution in [2.75, 3.05) is 12.9 Å². The van der Waals surface area contributed by atoms with Crippen LogP contribution in [0.4, 0.5) is 13.2 Å². The molecule has 0 aliphatic heterocycles. The van der Waals surface area contributed by atoms with Gasteiger partial charge in [-0.25, -0.2) is 17.9 Å². The minimum atomic E-state index is -4.67. The van der Waals surface area contributed by atoms with Gasteiger partial charge in [0.05, 0.1) is 33.3 Å². The lowest BCUT2D eigenvalue weighted by Gasteiger charge is -2.15. The number of carbonyl (C=O) groups excluding carboxylic acids is 2. The second kappa shape index (κ2) is 11.0. The molecular weight excluding hydrogens is 575 g/mol. The highest BCUT2D eigenvalue weighted by Crippen LogP contribution is 2.34. The standard InChI is InChI=1S/C26H21ClF3N3O6S/c1-14-20(24(33(2)32-14)39-25(35)17-8-4-6-15-7-5-11-31-22(15)17)23(34)16-9-10-19(40(3,36)37)18(21(16)27)12-38-13-26(28,29)30/h4-11H,12-13H2,1-3H3. The van der Waals surface area contributed by atoms with E-state index in [9.17, 15) is 31.2 Å². The molecule has 0 unspecified atom stereocenters. The lowest BCUT2D eigenvalue weighted by molar-refractivity contribution is -0.176. The maximum atomic E-state index is 13.7. The van der Waals surface area contributed by atoms with Gasteiger partial charge >= 0.3 is 12.1 Å². The number of para-hydroxylation sites is 1. The number of nitrogens with zero attached hydrogens (tertiary/aromatic N) is 3. The second-order valence-corrected chi connectivity index (χ2v) is 11.1. The summed E-state index contributed by atoms with van der Waals surface area (Å²) in [6.07, 6.45) is -2.31. The van der Waals surface area contributed by atoms with Crippen LogP contribution in [0.3, 0.4) is 0 Å². The number of aromatic nitrogens is 3. The molecule has 0 spiro atoms. The van der Waals surface area contributed by atoms with Crippen molar-refractivity contribution in [1.82, 2.24) is 14.8 Å². The predicted molar refractivity (Wildman–Crippen MR) is 138 cm³/mol. The van der Waals surface area contributed by atoms with Crippen LogP contribution in [-0.4, -0.2) is 54.0 Å². The van der Waals surface area contributed by atoms with E-state index in [-0.39, 0.29) is 33.8 Å². The van der Waals surface area contributed by atoms with Crippen molar-refractivity contribution < 1.29 is 40.7 Å². The quantitative estimate of drug-likeness (QED) is 0.209. The van der Waals surface area contributed by atoms with Crippen LogP contribution in [0.25, 0.3) is 10.9 Å². The van der Waals surface area contributed by atoms with E-state index in [1.54, 1.807) is 24.3 Å². The molecule has 40 heavy (non-hydrogen) atoms. The molecule has 0 bridgehead atoms. The summed E-state index contributed by atoms with van der Waals surface area (Å²) in [5.74, 6) is -1.84. The van der Waals surface area contributed by atoms with Crippen molar-refractivity contribution >= 4 is 44.1 Å². The first-order chi connectivity index (χ1) is 18.7. The minimum Gasteiger partial charge on any atom is -0.403 e. The van der Waals surface area contributed by atoms with Crippen molar-refractivity contribution in [2.45, 2.75) is 24.6 Å². The van der Waals surface area contributed by atoms with Crippen molar-refractivity contribution in [1.29, 1.82) is 0 Å². The Balaban J connectivity index is 1.75. The average molecular weight is 596 g/mol. The number of esters is 1. The molecule has 0 radical (unpaired) electrons. The Morgan fingerprint density at radius 2 is 1.77 bits per heavy atom. The number of ether oxygens (including phenoxy) is 2. The minimum absolute atomic E-state index is 0.134. The van der Waals surface area contributed by atoms with Crippen LogP contribution in [0.1, 0.15) is 37.5 Å². The fourth-order valence-corrected chi connectivity index (χ4v) is 5.38. The van der Waals surface area contributed by atoms with E-state index >= 15 is 0 Å². The highest BCUT2D eigenvalue weighted by molar-refractivity contribution is 7.90. The van der Waals surface area contributed by atoms with E-state index in [1.807, 2.05) is 0 Å². The number of sulfone groups is 1. The number of halogens is 4. The third-order valence-electron chi connectivity index (χ3n) is 5.80. The molecule has 210 valence electrons. The first-order valence-corrected chi connectivity index (χ1v) is 13.8. The number of ketones is 1. The normalized spacial score (nSPS) is 12.1. The summed E-state index contributed by atoms with van der Waals surface area (Å²) < 4.78 is 73.9. The molecule has 0 fully saturated rings. The molecule has 0 amide bonds. The summed E-state index contributed by atoms with van der Waals surface area (Å²) >= 11 is 6.40. The topological polar surface area (TPSA) is 117 Å². The third-order valence-corrected chi connectivity index (χ3v) is 7.41. The van der Waals surface area contributed by atoms with E-state index in [4.69, 9.17) is 16.3 Å². The Morgan fingerprint density at radius 3 is 2.45 bits per heavy atom. The van der Waals surface area contributed by atoms with E-state index in [1.165, 1.54) is 30.9 Å². The number of fused-ring (bicyclic) bond motifs is 1. The van der Waals surface area contributed by atoms with Crippen LogP contribution in [0.2, 0.25) is 5.02 Å². The Hall–Kier alpha value is -3.81. The lowest BCUT2D eigenvalue weighted by Crippen LogP contribution is -2.18. The number of hydrogen-bond acceptors (Lipinski definition) is 8. The van der Waals surface area contributed by atoms with Crippen LogP contribution >= 0.6 is 11.6 Å². The Bertz CT molecular complexity index is 1750. The van der Waals surface area contributed by atoms with Crippen LogP contribution in [0, 0.1) is 6.92 Å². The maximum absolute atomic E-state index is 13.7. The Kier molecular flexibility index (Phi) is 8.01. The molecular formula is C26H21ClF3N3O6S.